The Hall–Kier alpha value is -3.43. The molecule has 4 rings (SSSR count). The molecular formula is C26H29N3O5S. The number of furan rings is 1. The van der Waals surface area contributed by atoms with Crippen molar-refractivity contribution in [2.24, 2.45) is 0 Å². The standard InChI is InChI=1S/C26H29N3O5S/c1-20-12-13-23(35(32,33)29-14-6-3-7-15-29)17-24(20)26(31)28(18-22-11-8-16-34-22)19-25(30)27-21-9-4-2-5-10-21/h2,4-5,8-13,16-17H,3,6-7,14-15,18-19H2,1H3,(H,27,30). The molecule has 1 N–H and O–H groups in total. The van der Waals surface area contributed by atoms with Gasteiger partial charge in [0, 0.05) is 24.3 Å². The van der Waals surface area contributed by atoms with Gasteiger partial charge >= 0.3 is 0 Å². The molecule has 2 heterocycles. The molecule has 1 aromatic heterocycles. The van der Waals surface area contributed by atoms with Gasteiger partial charge in [0.1, 0.15) is 12.3 Å². The number of nitrogens with one attached hydrogen (secondary N) is 1. The monoisotopic (exact) mass is 495 g/mol. The summed E-state index contributed by atoms with van der Waals surface area (Å²) in [4.78, 5) is 27.8. The summed E-state index contributed by atoms with van der Waals surface area (Å²) in [6, 6.07) is 17.0. The lowest BCUT2D eigenvalue weighted by Gasteiger charge is -2.26. The fourth-order valence-corrected chi connectivity index (χ4v) is 5.65. The van der Waals surface area contributed by atoms with Gasteiger partial charge < -0.3 is 14.6 Å². The average molecular weight is 496 g/mol. The molecule has 1 saturated heterocycles. The molecule has 0 atom stereocenters. The SMILES string of the molecule is Cc1ccc(S(=O)(=O)N2CCCCC2)cc1C(=O)N(CC(=O)Nc1ccccc1)Cc1ccco1. The summed E-state index contributed by atoms with van der Waals surface area (Å²) in [5.74, 6) is -0.302. The van der Waals surface area contributed by atoms with E-state index in [2.05, 4.69) is 5.32 Å². The molecule has 184 valence electrons. The highest BCUT2D eigenvalue weighted by Crippen LogP contribution is 2.24. The van der Waals surface area contributed by atoms with Crippen molar-refractivity contribution in [2.75, 3.05) is 25.0 Å². The van der Waals surface area contributed by atoms with Crippen LogP contribution < -0.4 is 5.32 Å². The van der Waals surface area contributed by atoms with Crippen molar-refractivity contribution < 1.29 is 22.4 Å². The molecule has 8 nitrogen and oxygen atoms in total. The third-order valence-electron chi connectivity index (χ3n) is 6.00. The second kappa shape index (κ2) is 10.9. The maximum absolute atomic E-state index is 13.6. The van der Waals surface area contributed by atoms with Crippen LogP contribution in [-0.4, -0.2) is 49.1 Å². The Morgan fingerprint density at radius 2 is 1.74 bits per heavy atom. The molecule has 35 heavy (non-hydrogen) atoms. The van der Waals surface area contributed by atoms with Crippen LogP contribution in [0, 0.1) is 6.92 Å². The Morgan fingerprint density at radius 1 is 1.00 bits per heavy atom. The first-order valence-corrected chi connectivity index (χ1v) is 13.1. The van der Waals surface area contributed by atoms with Crippen molar-refractivity contribution in [3.63, 3.8) is 0 Å². The second-order valence-electron chi connectivity index (χ2n) is 8.60. The Balaban J connectivity index is 1.60. The number of sulfonamides is 1. The minimum atomic E-state index is -3.71. The van der Waals surface area contributed by atoms with Gasteiger partial charge in [-0.1, -0.05) is 30.7 Å². The van der Waals surface area contributed by atoms with Gasteiger partial charge in [0.25, 0.3) is 5.91 Å². The molecule has 0 radical (unpaired) electrons. The van der Waals surface area contributed by atoms with E-state index < -0.39 is 15.9 Å². The third-order valence-corrected chi connectivity index (χ3v) is 7.89. The predicted octanol–water partition coefficient (Wildman–Crippen LogP) is 4.04. The molecule has 2 amide bonds. The van der Waals surface area contributed by atoms with E-state index in [1.165, 1.54) is 27.6 Å². The van der Waals surface area contributed by atoms with Crippen LogP contribution in [0.1, 0.15) is 40.9 Å². The largest absolute Gasteiger partial charge is 0.467 e. The van der Waals surface area contributed by atoms with Crippen molar-refractivity contribution in [2.45, 2.75) is 37.6 Å². The predicted molar refractivity (Wildman–Crippen MR) is 132 cm³/mol. The lowest BCUT2D eigenvalue weighted by molar-refractivity contribution is -0.117. The fourth-order valence-electron chi connectivity index (χ4n) is 4.10. The van der Waals surface area contributed by atoms with Crippen LogP contribution in [0.3, 0.4) is 0 Å². The highest BCUT2D eigenvalue weighted by atomic mass is 32.2. The number of anilines is 1. The van der Waals surface area contributed by atoms with Gasteiger partial charge in [-0.3, -0.25) is 9.59 Å². The van der Waals surface area contributed by atoms with Gasteiger partial charge in [0.05, 0.1) is 17.7 Å². The number of para-hydroxylation sites is 1. The van der Waals surface area contributed by atoms with E-state index in [1.807, 2.05) is 6.07 Å². The number of hydrogen-bond donors (Lipinski definition) is 1. The smallest absolute Gasteiger partial charge is 0.255 e. The molecule has 1 fully saturated rings. The summed E-state index contributed by atoms with van der Waals surface area (Å²) < 4.78 is 33.3. The number of aryl methyl sites for hydroxylation is 1. The summed E-state index contributed by atoms with van der Waals surface area (Å²) in [5, 5.41) is 2.79. The van der Waals surface area contributed by atoms with E-state index in [1.54, 1.807) is 49.4 Å². The zero-order valence-corrected chi connectivity index (χ0v) is 20.5. The van der Waals surface area contributed by atoms with Crippen LogP contribution in [0.15, 0.2) is 76.2 Å². The van der Waals surface area contributed by atoms with Crippen molar-refractivity contribution in [3.8, 4) is 0 Å². The summed E-state index contributed by atoms with van der Waals surface area (Å²) in [7, 11) is -3.71. The summed E-state index contributed by atoms with van der Waals surface area (Å²) >= 11 is 0. The van der Waals surface area contributed by atoms with Gasteiger partial charge in [-0.2, -0.15) is 4.31 Å². The zero-order valence-electron chi connectivity index (χ0n) is 19.6. The maximum atomic E-state index is 13.6. The molecule has 0 bridgehead atoms. The van der Waals surface area contributed by atoms with Crippen LogP contribution >= 0.6 is 0 Å². The number of carbonyl (C=O) groups is 2. The van der Waals surface area contributed by atoms with E-state index >= 15 is 0 Å². The Bertz CT molecular complexity index is 1270. The normalized spacial score (nSPS) is 14.4. The van der Waals surface area contributed by atoms with Crippen LogP contribution in [0.2, 0.25) is 0 Å². The average Bonchev–Trinajstić information content (AvgIpc) is 3.38. The highest BCUT2D eigenvalue weighted by molar-refractivity contribution is 7.89. The number of amides is 2. The topological polar surface area (TPSA) is 99.9 Å². The Morgan fingerprint density at radius 3 is 2.43 bits per heavy atom. The molecule has 0 saturated carbocycles. The lowest BCUT2D eigenvalue weighted by Crippen LogP contribution is -2.38. The van der Waals surface area contributed by atoms with E-state index in [-0.39, 0.29) is 29.5 Å². The molecule has 3 aromatic rings. The number of nitrogens with zero attached hydrogens (tertiary/aromatic N) is 2. The lowest BCUT2D eigenvalue weighted by atomic mass is 10.1. The Labute approximate surface area is 205 Å². The molecule has 1 aliphatic heterocycles. The minimum absolute atomic E-state index is 0.0661. The van der Waals surface area contributed by atoms with Crippen LogP contribution in [-0.2, 0) is 21.4 Å². The quantitative estimate of drug-likeness (QED) is 0.508. The first-order chi connectivity index (χ1) is 16.8. The van der Waals surface area contributed by atoms with Crippen molar-refractivity contribution in [1.82, 2.24) is 9.21 Å². The van der Waals surface area contributed by atoms with Crippen molar-refractivity contribution in [3.05, 3.63) is 83.8 Å². The second-order valence-corrected chi connectivity index (χ2v) is 10.5. The molecule has 0 aliphatic carbocycles. The van der Waals surface area contributed by atoms with Crippen LogP contribution in [0.5, 0.6) is 0 Å². The molecular weight excluding hydrogens is 466 g/mol. The maximum Gasteiger partial charge on any atom is 0.255 e. The van der Waals surface area contributed by atoms with Gasteiger partial charge in [0.15, 0.2) is 0 Å². The first-order valence-electron chi connectivity index (χ1n) is 11.6. The van der Waals surface area contributed by atoms with Crippen molar-refractivity contribution >= 4 is 27.5 Å². The van der Waals surface area contributed by atoms with E-state index in [0.29, 0.717) is 30.1 Å². The molecule has 0 spiro atoms. The van der Waals surface area contributed by atoms with Crippen molar-refractivity contribution in [1.29, 1.82) is 0 Å². The number of benzene rings is 2. The third kappa shape index (κ3) is 5.98. The summed E-state index contributed by atoms with van der Waals surface area (Å²) in [6.45, 7) is 2.54. The molecule has 2 aromatic carbocycles. The van der Waals surface area contributed by atoms with Crippen LogP contribution in [0.25, 0.3) is 0 Å². The fraction of sp³-hybridized carbons (Fsp3) is 0.308. The first kappa shape index (κ1) is 24.7. The van der Waals surface area contributed by atoms with Gasteiger partial charge in [-0.05, 0) is 61.7 Å². The van der Waals surface area contributed by atoms with Gasteiger partial charge in [0.2, 0.25) is 15.9 Å². The van der Waals surface area contributed by atoms with Gasteiger partial charge in [-0.25, -0.2) is 8.42 Å². The van der Waals surface area contributed by atoms with E-state index in [4.69, 9.17) is 4.42 Å². The molecule has 1 aliphatic rings. The number of carbonyl (C=O) groups excluding carboxylic acids is 2. The highest BCUT2D eigenvalue weighted by Gasteiger charge is 2.28. The van der Waals surface area contributed by atoms with E-state index in [0.717, 1.165) is 19.3 Å². The van der Waals surface area contributed by atoms with E-state index in [9.17, 15) is 18.0 Å². The zero-order chi connectivity index (χ0) is 24.8. The minimum Gasteiger partial charge on any atom is -0.467 e. The Kier molecular flexibility index (Phi) is 7.67. The van der Waals surface area contributed by atoms with Gasteiger partial charge in [-0.15, -0.1) is 0 Å². The summed E-state index contributed by atoms with van der Waals surface area (Å²) in [6.07, 6.45) is 4.16. The van der Waals surface area contributed by atoms with Crippen LogP contribution in [0.4, 0.5) is 5.69 Å². The number of hydrogen-bond acceptors (Lipinski definition) is 5. The molecule has 0 unspecified atom stereocenters. The summed E-state index contributed by atoms with van der Waals surface area (Å²) in [5.41, 5.74) is 1.48. The number of rotatable bonds is 8. The molecule has 9 heteroatoms. The number of piperidine rings is 1.